The smallest absolute Gasteiger partial charge is 0.257 e. The van der Waals surface area contributed by atoms with Crippen LogP contribution in [0.1, 0.15) is 32.7 Å². The van der Waals surface area contributed by atoms with Gasteiger partial charge >= 0.3 is 0 Å². The molecule has 3 atom stereocenters. The predicted octanol–water partition coefficient (Wildman–Crippen LogP) is 2.21. The van der Waals surface area contributed by atoms with E-state index in [1.54, 1.807) is 42.5 Å². The average molecular weight is 556 g/mol. The molecule has 1 N–H and O–H groups in total. The van der Waals surface area contributed by atoms with Gasteiger partial charge in [0.2, 0.25) is 11.8 Å². The van der Waals surface area contributed by atoms with Crippen molar-refractivity contribution in [3.8, 4) is 11.6 Å². The van der Waals surface area contributed by atoms with Crippen molar-refractivity contribution in [1.82, 2.24) is 25.0 Å². The number of benzene rings is 2. The summed E-state index contributed by atoms with van der Waals surface area (Å²) < 4.78 is 11.5. The van der Waals surface area contributed by atoms with E-state index in [0.29, 0.717) is 50.3 Å². The number of ether oxygens (including phenoxy) is 2. The van der Waals surface area contributed by atoms with E-state index in [0.717, 1.165) is 11.3 Å². The maximum absolute atomic E-state index is 14.2. The molecule has 3 aliphatic rings. The van der Waals surface area contributed by atoms with Gasteiger partial charge in [-0.25, -0.2) is 4.98 Å². The van der Waals surface area contributed by atoms with E-state index in [9.17, 15) is 14.4 Å². The monoisotopic (exact) mass is 555 g/mol. The summed E-state index contributed by atoms with van der Waals surface area (Å²) >= 11 is 0. The molecule has 4 heterocycles. The van der Waals surface area contributed by atoms with Crippen molar-refractivity contribution in [2.24, 2.45) is 0 Å². The summed E-state index contributed by atoms with van der Waals surface area (Å²) in [6.45, 7) is 2.29. The fourth-order valence-corrected chi connectivity index (χ4v) is 5.99. The third kappa shape index (κ3) is 5.60. The molecular weight excluding hydrogens is 522 g/mol. The number of amides is 3. The van der Waals surface area contributed by atoms with E-state index in [1.165, 1.54) is 0 Å². The van der Waals surface area contributed by atoms with Gasteiger partial charge in [0.05, 0.1) is 19.2 Å². The molecule has 10 heteroatoms. The van der Waals surface area contributed by atoms with Gasteiger partial charge in [-0.15, -0.1) is 0 Å². The zero-order valence-electron chi connectivity index (χ0n) is 22.9. The highest BCUT2D eigenvalue weighted by molar-refractivity contribution is 5.97. The molecule has 1 aromatic heterocycles. The molecule has 0 unspecified atom stereocenters. The Hall–Kier alpha value is -4.44. The lowest BCUT2D eigenvalue weighted by molar-refractivity contribution is -0.141. The van der Waals surface area contributed by atoms with Gasteiger partial charge in [-0.1, -0.05) is 30.3 Å². The molecule has 6 rings (SSSR count). The van der Waals surface area contributed by atoms with Crippen molar-refractivity contribution < 1.29 is 23.9 Å². The number of pyridine rings is 1. The third-order valence-electron chi connectivity index (χ3n) is 8.05. The molecule has 10 nitrogen and oxygen atoms in total. The van der Waals surface area contributed by atoms with Crippen LogP contribution in [0, 0.1) is 0 Å². The van der Waals surface area contributed by atoms with Crippen LogP contribution in [0.15, 0.2) is 72.9 Å². The summed E-state index contributed by atoms with van der Waals surface area (Å²) in [5.41, 5.74) is 1.97. The highest BCUT2D eigenvalue weighted by atomic mass is 16.5. The minimum absolute atomic E-state index is 0.0214. The summed E-state index contributed by atoms with van der Waals surface area (Å²) in [5.74, 6) is 0.580. The highest BCUT2D eigenvalue weighted by Gasteiger charge is 2.43. The molecule has 0 saturated carbocycles. The van der Waals surface area contributed by atoms with Crippen LogP contribution in [0.4, 0.5) is 0 Å². The molecule has 2 aromatic carbocycles. The van der Waals surface area contributed by atoms with Crippen LogP contribution in [-0.2, 0) is 11.3 Å². The summed E-state index contributed by atoms with van der Waals surface area (Å²) in [4.78, 5) is 50.9. The van der Waals surface area contributed by atoms with Crippen LogP contribution in [0.5, 0.6) is 11.6 Å². The molecule has 2 fully saturated rings. The van der Waals surface area contributed by atoms with E-state index >= 15 is 0 Å². The van der Waals surface area contributed by atoms with Gasteiger partial charge in [-0.2, -0.15) is 0 Å². The second-order valence-electron chi connectivity index (χ2n) is 10.7. The molecule has 0 radical (unpaired) electrons. The molecular formula is C31H33N5O5. The van der Waals surface area contributed by atoms with Crippen molar-refractivity contribution in [2.75, 3.05) is 39.9 Å². The lowest BCUT2D eigenvalue weighted by atomic mass is 10.1. The van der Waals surface area contributed by atoms with Gasteiger partial charge in [0.25, 0.3) is 11.8 Å². The minimum Gasteiger partial charge on any atom is -0.497 e. The van der Waals surface area contributed by atoms with E-state index in [2.05, 4.69) is 15.2 Å². The summed E-state index contributed by atoms with van der Waals surface area (Å²) in [7, 11) is 1.63. The lowest BCUT2D eigenvalue weighted by Gasteiger charge is -2.43. The van der Waals surface area contributed by atoms with Crippen LogP contribution in [-0.4, -0.2) is 95.4 Å². The summed E-state index contributed by atoms with van der Waals surface area (Å²) in [5, 5.41) is 3.10. The normalized spacial score (nSPS) is 22.9. The fourth-order valence-electron chi connectivity index (χ4n) is 5.99. The number of nitrogens with zero attached hydrogens (tertiary/aromatic N) is 4. The number of carbonyl (C=O) groups is 3. The van der Waals surface area contributed by atoms with Crippen molar-refractivity contribution in [1.29, 1.82) is 0 Å². The second-order valence-corrected chi connectivity index (χ2v) is 10.7. The number of aromatic nitrogens is 1. The maximum Gasteiger partial charge on any atom is 0.257 e. The van der Waals surface area contributed by atoms with Gasteiger partial charge in [-0.3, -0.25) is 19.3 Å². The first-order valence-corrected chi connectivity index (χ1v) is 13.9. The quantitative estimate of drug-likeness (QED) is 0.527. The number of rotatable bonds is 4. The first-order valence-electron chi connectivity index (χ1n) is 13.9. The predicted molar refractivity (Wildman–Crippen MR) is 151 cm³/mol. The van der Waals surface area contributed by atoms with Gasteiger partial charge in [0.15, 0.2) is 0 Å². The SMILES string of the molecule is COc1cccc(CN2C[C@H]3C[C@H]2C(=O)N2CCN(C(=O)c4ccccc4)C[C@H]2COc2ncccc2C(=O)N3)c1. The van der Waals surface area contributed by atoms with Crippen molar-refractivity contribution in [3.05, 3.63) is 89.6 Å². The molecule has 3 amide bonds. The zero-order valence-corrected chi connectivity index (χ0v) is 22.9. The highest BCUT2D eigenvalue weighted by Crippen LogP contribution is 2.28. The number of likely N-dealkylation sites (tertiary alicyclic amines) is 1. The van der Waals surface area contributed by atoms with Crippen LogP contribution in [0.25, 0.3) is 0 Å². The summed E-state index contributed by atoms with van der Waals surface area (Å²) in [6.07, 6.45) is 2.06. The standard InChI is InChI=1S/C31H33N5O5/c1-40-25-10-5-7-21(15-25)17-35-18-23-16-27(35)31(39)36-14-13-34(30(38)22-8-3-2-4-9-22)19-24(36)20-41-29-26(28(37)33-23)11-6-12-32-29/h2-12,15,23-24,27H,13-14,16-20H2,1H3,(H,33,37)/t23-,24+,27+/m1/s1. The van der Waals surface area contributed by atoms with E-state index in [4.69, 9.17) is 9.47 Å². The van der Waals surface area contributed by atoms with Crippen molar-refractivity contribution in [2.45, 2.75) is 31.1 Å². The number of hydrogen-bond donors (Lipinski definition) is 1. The molecule has 0 spiro atoms. The van der Waals surface area contributed by atoms with Gasteiger partial charge in [0.1, 0.15) is 17.9 Å². The Morgan fingerprint density at radius 1 is 1.05 bits per heavy atom. The lowest BCUT2D eigenvalue weighted by Crippen LogP contribution is -2.61. The molecule has 2 bridgehead atoms. The van der Waals surface area contributed by atoms with E-state index < -0.39 is 12.1 Å². The molecule has 3 aliphatic heterocycles. The van der Waals surface area contributed by atoms with E-state index in [-0.39, 0.29) is 36.3 Å². The zero-order chi connectivity index (χ0) is 28.3. The number of piperazine rings is 1. The van der Waals surface area contributed by atoms with E-state index in [1.807, 2.05) is 47.4 Å². The van der Waals surface area contributed by atoms with Crippen LogP contribution in [0.3, 0.4) is 0 Å². The van der Waals surface area contributed by atoms with Gasteiger partial charge in [0, 0.05) is 50.5 Å². The minimum atomic E-state index is -0.432. The largest absolute Gasteiger partial charge is 0.497 e. The van der Waals surface area contributed by atoms with Crippen LogP contribution in [0.2, 0.25) is 0 Å². The number of carbonyl (C=O) groups excluding carboxylic acids is 3. The van der Waals surface area contributed by atoms with Gasteiger partial charge < -0.3 is 24.6 Å². The third-order valence-corrected chi connectivity index (χ3v) is 8.05. The first-order chi connectivity index (χ1) is 20.0. The van der Waals surface area contributed by atoms with Crippen LogP contribution >= 0.6 is 0 Å². The van der Waals surface area contributed by atoms with Crippen LogP contribution < -0.4 is 14.8 Å². The van der Waals surface area contributed by atoms with Crippen molar-refractivity contribution >= 4 is 17.7 Å². The van der Waals surface area contributed by atoms with Gasteiger partial charge in [-0.05, 0) is 48.4 Å². The molecule has 3 aromatic rings. The molecule has 212 valence electrons. The Morgan fingerprint density at radius 2 is 1.90 bits per heavy atom. The number of nitrogens with one attached hydrogen (secondary N) is 1. The van der Waals surface area contributed by atoms with Crippen molar-refractivity contribution in [3.63, 3.8) is 0 Å². The molecule has 2 saturated heterocycles. The Labute approximate surface area is 238 Å². The fraction of sp³-hybridized carbons (Fsp3) is 0.355. The number of hydrogen-bond acceptors (Lipinski definition) is 7. The Kier molecular flexibility index (Phi) is 7.56. The average Bonchev–Trinajstić information content (AvgIpc) is 3.41. The first kappa shape index (κ1) is 26.8. The number of fused-ring (bicyclic) bond motifs is 4. The second kappa shape index (κ2) is 11.6. The number of methoxy groups -OCH3 is 1. The maximum atomic E-state index is 14.2. The topological polar surface area (TPSA) is 104 Å². The Balaban J connectivity index is 1.31. The molecule has 41 heavy (non-hydrogen) atoms. The molecule has 0 aliphatic carbocycles. The Morgan fingerprint density at radius 3 is 2.73 bits per heavy atom. The Bertz CT molecular complexity index is 1430. The summed E-state index contributed by atoms with van der Waals surface area (Å²) in [6, 6.07) is 19.3.